The first-order valence-corrected chi connectivity index (χ1v) is 5.40. The highest BCUT2D eigenvalue weighted by Crippen LogP contribution is 2.24. The van der Waals surface area contributed by atoms with Crippen LogP contribution in [0.2, 0.25) is 0 Å². The first-order chi connectivity index (χ1) is 6.63. The van der Waals surface area contributed by atoms with Gasteiger partial charge in [0.2, 0.25) is 0 Å². The molecule has 0 amide bonds. The number of hydrogen-bond acceptors (Lipinski definition) is 2. The normalized spacial score (nSPS) is 13.2. The van der Waals surface area contributed by atoms with Gasteiger partial charge in [-0.1, -0.05) is 26.0 Å². The Labute approximate surface area is 91.9 Å². The van der Waals surface area contributed by atoms with Gasteiger partial charge in [-0.05, 0) is 30.0 Å². The Kier molecular flexibility index (Phi) is 4.49. The summed E-state index contributed by atoms with van der Waals surface area (Å²) in [6.45, 7) is 4.41. The Hall–Kier alpha value is -0.470. The van der Waals surface area contributed by atoms with E-state index in [4.69, 9.17) is 4.74 Å². The van der Waals surface area contributed by atoms with E-state index in [9.17, 15) is 0 Å². The highest BCUT2D eigenvalue weighted by atomic mass is 32.1. The van der Waals surface area contributed by atoms with Gasteiger partial charge in [0, 0.05) is 12.0 Å². The minimum Gasteiger partial charge on any atom is -0.377 e. The van der Waals surface area contributed by atoms with Crippen LogP contribution in [0.5, 0.6) is 0 Å². The Bertz CT molecular complexity index is 266. The SMILES string of the molecule is COC(CC(C)C)c1ccc(S)cc1. The number of ether oxygens (including phenoxy) is 1. The second kappa shape index (κ2) is 5.42. The van der Waals surface area contributed by atoms with Gasteiger partial charge in [-0.15, -0.1) is 12.6 Å². The third kappa shape index (κ3) is 3.35. The maximum Gasteiger partial charge on any atom is 0.0823 e. The number of rotatable bonds is 4. The van der Waals surface area contributed by atoms with Crippen molar-refractivity contribution in [2.45, 2.75) is 31.3 Å². The van der Waals surface area contributed by atoms with Gasteiger partial charge in [-0.2, -0.15) is 0 Å². The molecule has 0 fully saturated rings. The van der Waals surface area contributed by atoms with Crippen molar-refractivity contribution >= 4 is 12.6 Å². The van der Waals surface area contributed by atoms with Crippen LogP contribution in [0.25, 0.3) is 0 Å². The highest BCUT2D eigenvalue weighted by molar-refractivity contribution is 7.80. The monoisotopic (exact) mass is 210 g/mol. The molecule has 0 saturated heterocycles. The van der Waals surface area contributed by atoms with E-state index in [0.29, 0.717) is 5.92 Å². The van der Waals surface area contributed by atoms with E-state index in [0.717, 1.165) is 11.3 Å². The molecule has 78 valence electrons. The second-order valence-corrected chi connectivity index (χ2v) is 4.46. The molecule has 0 N–H and O–H groups in total. The molecule has 1 nitrogen and oxygen atoms in total. The maximum absolute atomic E-state index is 5.46. The summed E-state index contributed by atoms with van der Waals surface area (Å²) in [4.78, 5) is 0.994. The van der Waals surface area contributed by atoms with Gasteiger partial charge in [-0.25, -0.2) is 0 Å². The maximum atomic E-state index is 5.46. The van der Waals surface area contributed by atoms with Gasteiger partial charge in [0.15, 0.2) is 0 Å². The molecule has 14 heavy (non-hydrogen) atoms. The van der Waals surface area contributed by atoms with Crippen LogP contribution in [0.3, 0.4) is 0 Å². The first kappa shape index (κ1) is 11.6. The fourth-order valence-electron chi connectivity index (χ4n) is 1.49. The lowest BCUT2D eigenvalue weighted by molar-refractivity contribution is 0.0845. The molecular weight excluding hydrogens is 192 g/mol. The molecule has 1 rings (SSSR count). The second-order valence-electron chi connectivity index (χ2n) is 3.95. The molecule has 1 atom stereocenters. The van der Waals surface area contributed by atoms with Gasteiger partial charge in [0.1, 0.15) is 0 Å². The quantitative estimate of drug-likeness (QED) is 0.745. The van der Waals surface area contributed by atoms with E-state index in [1.54, 1.807) is 7.11 Å². The molecule has 0 saturated carbocycles. The van der Waals surface area contributed by atoms with Crippen LogP contribution >= 0.6 is 12.6 Å². The van der Waals surface area contributed by atoms with Gasteiger partial charge in [0.25, 0.3) is 0 Å². The molecule has 0 spiro atoms. The minimum atomic E-state index is 0.212. The number of methoxy groups -OCH3 is 1. The number of hydrogen-bond donors (Lipinski definition) is 1. The molecule has 1 unspecified atom stereocenters. The smallest absolute Gasteiger partial charge is 0.0823 e. The van der Waals surface area contributed by atoms with Crippen molar-refractivity contribution in [3.05, 3.63) is 29.8 Å². The molecule has 0 heterocycles. The molecule has 0 bridgehead atoms. The summed E-state index contributed by atoms with van der Waals surface area (Å²) in [5.41, 5.74) is 1.24. The summed E-state index contributed by atoms with van der Waals surface area (Å²) in [5, 5.41) is 0. The van der Waals surface area contributed by atoms with Crippen LogP contribution < -0.4 is 0 Å². The van der Waals surface area contributed by atoms with Crippen LogP contribution in [0.15, 0.2) is 29.2 Å². The van der Waals surface area contributed by atoms with Crippen LogP contribution in [-0.2, 0) is 4.74 Å². The third-order valence-electron chi connectivity index (χ3n) is 2.23. The predicted octanol–water partition coefficient (Wildman–Crippen LogP) is 3.71. The topological polar surface area (TPSA) is 9.23 Å². The van der Waals surface area contributed by atoms with Crippen molar-refractivity contribution < 1.29 is 4.74 Å². The van der Waals surface area contributed by atoms with Crippen molar-refractivity contribution in [1.29, 1.82) is 0 Å². The van der Waals surface area contributed by atoms with Crippen molar-refractivity contribution in [2.75, 3.05) is 7.11 Å². The molecule has 0 aromatic heterocycles. The van der Waals surface area contributed by atoms with Gasteiger partial charge >= 0.3 is 0 Å². The average Bonchev–Trinajstić information content (AvgIpc) is 2.15. The van der Waals surface area contributed by atoms with Crippen LogP contribution in [0, 0.1) is 5.92 Å². The van der Waals surface area contributed by atoms with Crippen molar-refractivity contribution in [3.8, 4) is 0 Å². The van der Waals surface area contributed by atoms with E-state index in [1.807, 2.05) is 12.1 Å². The van der Waals surface area contributed by atoms with E-state index < -0.39 is 0 Å². The Morgan fingerprint density at radius 2 is 1.79 bits per heavy atom. The van der Waals surface area contributed by atoms with Gasteiger partial charge in [0.05, 0.1) is 6.10 Å². The summed E-state index contributed by atoms with van der Waals surface area (Å²) < 4.78 is 5.46. The van der Waals surface area contributed by atoms with Crippen molar-refractivity contribution in [2.24, 2.45) is 5.92 Å². The van der Waals surface area contributed by atoms with Crippen LogP contribution in [-0.4, -0.2) is 7.11 Å². The summed E-state index contributed by atoms with van der Waals surface area (Å²) >= 11 is 4.26. The molecular formula is C12H18OS. The van der Waals surface area contributed by atoms with E-state index in [1.165, 1.54) is 5.56 Å². The van der Waals surface area contributed by atoms with E-state index in [2.05, 4.69) is 38.6 Å². The standard InChI is InChI=1S/C12H18OS/c1-9(2)8-12(13-3)10-4-6-11(14)7-5-10/h4-7,9,12,14H,8H2,1-3H3. The average molecular weight is 210 g/mol. The predicted molar refractivity (Wildman–Crippen MR) is 62.9 cm³/mol. The van der Waals surface area contributed by atoms with Crippen LogP contribution in [0.1, 0.15) is 31.9 Å². The summed E-state index contributed by atoms with van der Waals surface area (Å²) in [7, 11) is 1.77. The van der Waals surface area contributed by atoms with E-state index >= 15 is 0 Å². The summed E-state index contributed by atoms with van der Waals surface area (Å²) in [5.74, 6) is 0.649. The molecule has 2 heteroatoms. The first-order valence-electron chi connectivity index (χ1n) is 4.95. The molecule has 0 aliphatic carbocycles. The number of thiol groups is 1. The summed E-state index contributed by atoms with van der Waals surface area (Å²) in [6.07, 6.45) is 1.27. The zero-order valence-electron chi connectivity index (χ0n) is 9.03. The lowest BCUT2D eigenvalue weighted by atomic mass is 9.99. The zero-order valence-corrected chi connectivity index (χ0v) is 9.92. The lowest BCUT2D eigenvalue weighted by Crippen LogP contribution is -2.04. The van der Waals surface area contributed by atoms with Crippen molar-refractivity contribution in [3.63, 3.8) is 0 Å². The zero-order chi connectivity index (χ0) is 10.6. The molecule has 1 aromatic carbocycles. The fraction of sp³-hybridized carbons (Fsp3) is 0.500. The lowest BCUT2D eigenvalue weighted by Gasteiger charge is -2.17. The minimum absolute atomic E-state index is 0.212. The fourth-order valence-corrected chi connectivity index (χ4v) is 1.63. The molecule has 1 aromatic rings. The molecule has 0 radical (unpaired) electrons. The van der Waals surface area contributed by atoms with E-state index in [-0.39, 0.29) is 6.10 Å². The van der Waals surface area contributed by atoms with Crippen molar-refractivity contribution in [1.82, 2.24) is 0 Å². The largest absolute Gasteiger partial charge is 0.377 e. The Morgan fingerprint density at radius 3 is 2.21 bits per heavy atom. The molecule has 0 aliphatic heterocycles. The highest BCUT2D eigenvalue weighted by Gasteiger charge is 2.11. The Balaban J connectivity index is 2.73. The van der Waals surface area contributed by atoms with Gasteiger partial charge < -0.3 is 4.74 Å². The Morgan fingerprint density at radius 1 is 1.21 bits per heavy atom. The molecule has 0 aliphatic rings. The third-order valence-corrected chi connectivity index (χ3v) is 2.53. The summed E-state index contributed by atoms with van der Waals surface area (Å²) in [6, 6.07) is 8.17. The van der Waals surface area contributed by atoms with Gasteiger partial charge in [-0.3, -0.25) is 0 Å². The van der Waals surface area contributed by atoms with Crippen LogP contribution in [0.4, 0.5) is 0 Å². The number of benzene rings is 1.